The van der Waals surface area contributed by atoms with E-state index < -0.39 is 79.7 Å². The van der Waals surface area contributed by atoms with Crippen molar-refractivity contribution in [3.05, 3.63) is 48.7 Å². The van der Waals surface area contributed by atoms with E-state index >= 15 is 0 Å². The number of aryl methyl sites for hydroxylation is 1. The zero-order chi connectivity index (χ0) is 36.1. The van der Waals surface area contributed by atoms with Crippen molar-refractivity contribution in [3.8, 4) is 5.88 Å². The number of nitrogens with one attached hydrogen (secondary N) is 3. The number of alkyl carbamates (subject to hydrolysis) is 1. The van der Waals surface area contributed by atoms with E-state index in [1.165, 1.54) is 11.0 Å². The lowest BCUT2D eigenvalue weighted by Crippen LogP contribution is -2.60. The van der Waals surface area contributed by atoms with E-state index in [1.807, 2.05) is 31.2 Å². The first kappa shape index (κ1) is 36.1. The summed E-state index contributed by atoms with van der Waals surface area (Å²) in [5, 5.41) is 6.56. The van der Waals surface area contributed by atoms with Crippen LogP contribution in [0.2, 0.25) is 0 Å². The van der Waals surface area contributed by atoms with Crippen LogP contribution in [-0.4, -0.2) is 83.2 Å². The molecule has 2 saturated carbocycles. The standard InChI is InChI=1S/C35H47N5O8S/c1-9-21-17-35(21,31(43)39-49(45,46)23-14-15-23)38-28(41)26-16-22(47-29-25-13-11-10-12-24(25)20(2)18-36-29)19-40(26)30(42)27(33(3,4)5)37-32(44)48-34(6,7)8/h9-13,18,21-23,26-27H,1,14-17,19H2,2-8H3,(H,37,44)(H,38,41)(H,39,43)/t21-,22-,26+,27-,35-/m1/s1. The van der Waals surface area contributed by atoms with Gasteiger partial charge in [-0.3, -0.25) is 19.1 Å². The normalized spacial score (nSPS) is 24.5. The highest BCUT2D eigenvalue weighted by Crippen LogP contribution is 2.45. The quantitative estimate of drug-likeness (QED) is 0.314. The number of hydrogen-bond donors (Lipinski definition) is 3. The lowest BCUT2D eigenvalue weighted by atomic mass is 9.85. The van der Waals surface area contributed by atoms with Crippen LogP contribution in [0.4, 0.5) is 4.79 Å². The molecule has 1 aliphatic heterocycles. The van der Waals surface area contributed by atoms with E-state index in [1.54, 1.807) is 47.7 Å². The van der Waals surface area contributed by atoms with Crippen LogP contribution in [0.1, 0.15) is 72.8 Å². The van der Waals surface area contributed by atoms with Crippen LogP contribution in [0.25, 0.3) is 10.8 Å². The highest BCUT2D eigenvalue weighted by molar-refractivity contribution is 7.91. The number of amides is 4. The third-order valence-corrected chi connectivity index (χ3v) is 10.9. The van der Waals surface area contributed by atoms with E-state index in [4.69, 9.17) is 9.47 Å². The Kier molecular flexibility index (Phi) is 9.52. The summed E-state index contributed by atoms with van der Waals surface area (Å²) in [4.78, 5) is 60.7. The molecule has 2 aromatic rings. The summed E-state index contributed by atoms with van der Waals surface area (Å²) in [6, 6.07) is 5.39. The van der Waals surface area contributed by atoms with Crippen molar-refractivity contribution in [3.63, 3.8) is 0 Å². The number of carbonyl (C=O) groups excluding carboxylic acids is 4. The molecule has 1 aromatic carbocycles. The molecule has 2 heterocycles. The Bertz CT molecular complexity index is 1780. The first-order valence-electron chi connectivity index (χ1n) is 16.6. The molecule has 3 fully saturated rings. The van der Waals surface area contributed by atoms with Gasteiger partial charge in [-0.2, -0.15) is 0 Å². The number of ether oxygens (including phenoxy) is 2. The average Bonchev–Trinajstić information content (AvgIpc) is 3.92. The van der Waals surface area contributed by atoms with E-state index in [-0.39, 0.29) is 19.4 Å². The average molecular weight is 698 g/mol. The third kappa shape index (κ3) is 7.84. The van der Waals surface area contributed by atoms with Gasteiger partial charge >= 0.3 is 6.09 Å². The van der Waals surface area contributed by atoms with Crippen LogP contribution in [0, 0.1) is 18.3 Å². The SMILES string of the molecule is C=C[C@@H]1C[C@]1(NC(=O)[C@@H]1C[C@@H](Oc2ncc(C)c3ccccc23)CN1C(=O)[C@@H](NC(=O)OC(C)(C)C)C(C)(C)C)C(=O)NS(=O)(=O)C1CC1. The van der Waals surface area contributed by atoms with Crippen LogP contribution < -0.4 is 20.1 Å². The van der Waals surface area contributed by atoms with E-state index in [9.17, 15) is 27.6 Å². The Labute approximate surface area is 287 Å². The molecule has 1 aromatic heterocycles. The summed E-state index contributed by atoms with van der Waals surface area (Å²) in [6.45, 7) is 16.2. The Morgan fingerprint density at radius 3 is 2.31 bits per heavy atom. The van der Waals surface area contributed by atoms with Crippen LogP contribution in [-0.2, 0) is 29.1 Å². The number of likely N-dealkylation sites (tertiary alicyclic amines) is 1. The summed E-state index contributed by atoms with van der Waals surface area (Å²) in [5.41, 5.74) is -2.20. The molecular weight excluding hydrogens is 650 g/mol. The topological polar surface area (TPSA) is 173 Å². The number of hydrogen-bond acceptors (Lipinski definition) is 9. The van der Waals surface area contributed by atoms with Gasteiger partial charge in [-0.15, -0.1) is 6.58 Å². The highest BCUT2D eigenvalue weighted by Gasteiger charge is 2.62. The number of rotatable bonds is 10. The first-order valence-corrected chi connectivity index (χ1v) is 18.1. The van der Waals surface area contributed by atoms with Gasteiger partial charge in [-0.1, -0.05) is 45.0 Å². The van der Waals surface area contributed by atoms with Crippen molar-refractivity contribution in [2.75, 3.05) is 6.54 Å². The van der Waals surface area contributed by atoms with Crippen LogP contribution >= 0.6 is 0 Å². The summed E-state index contributed by atoms with van der Waals surface area (Å²) < 4.78 is 39.3. The van der Waals surface area contributed by atoms with Crippen LogP contribution in [0.5, 0.6) is 5.88 Å². The Morgan fingerprint density at radius 1 is 1.08 bits per heavy atom. The number of pyridine rings is 1. The molecule has 49 heavy (non-hydrogen) atoms. The van der Waals surface area contributed by atoms with Crippen molar-refractivity contribution in [1.82, 2.24) is 25.2 Å². The van der Waals surface area contributed by atoms with Crippen molar-refractivity contribution in [2.24, 2.45) is 11.3 Å². The molecule has 1 saturated heterocycles. The highest BCUT2D eigenvalue weighted by atomic mass is 32.2. The molecule has 4 amide bonds. The van der Waals surface area contributed by atoms with Gasteiger partial charge < -0.3 is 25.0 Å². The fourth-order valence-corrected chi connectivity index (χ4v) is 7.56. The predicted molar refractivity (Wildman–Crippen MR) is 183 cm³/mol. The second kappa shape index (κ2) is 12.9. The lowest BCUT2D eigenvalue weighted by Gasteiger charge is -2.36. The van der Waals surface area contributed by atoms with Gasteiger partial charge in [-0.05, 0) is 69.4 Å². The van der Waals surface area contributed by atoms with Crippen LogP contribution in [0.15, 0.2) is 43.1 Å². The zero-order valence-electron chi connectivity index (χ0n) is 29.2. The van der Waals surface area contributed by atoms with Gasteiger partial charge in [0.1, 0.15) is 29.3 Å². The molecule has 2 aliphatic carbocycles. The number of aromatic nitrogens is 1. The van der Waals surface area contributed by atoms with Crippen molar-refractivity contribution >= 4 is 44.6 Å². The van der Waals surface area contributed by atoms with Crippen LogP contribution in [0.3, 0.4) is 0 Å². The summed E-state index contributed by atoms with van der Waals surface area (Å²) in [7, 11) is -3.89. The molecular formula is C35H47N5O8S. The molecule has 13 nitrogen and oxygen atoms in total. The van der Waals surface area contributed by atoms with Gasteiger partial charge in [0.2, 0.25) is 27.7 Å². The van der Waals surface area contributed by atoms with E-state index in [0.717, 1.165) is 16.3 Å². The smallest absolute Gasteiger partial charge is 0.408 e. The van der Waals surface area contributed by atoms with Gasteiger partial charge in [0.25, 0.3) is 5.91 Å². The second-order valence-electron chi connectivity index (χ2n) is 15.4. The number of carbonyl (C=O) groups is 4. The zero-order valence-corrected chi connectivity index (χ0v) is 30.0. The minimum absolute atomic E-state index is 0.0243. The van der Waals surface area contributed by atoms with Crippen molar-refractivity contribution < 1.29 is 37.1 Å². The summed E-state index contributed by atoms with van der Waals surface area (Å²) in [5.74, 6) is -2.21. The maximum atomic E-state index is 14.4. The van der Waals surface area contributed by atoms with E-state index in [0.29, 0.717) is 18.7 Å². The minimum Gasteiger partial charge on any atom is -0.472 e. The van der Waals surface area contributed by atoms with Gasteiger partial charge in [0.05, 0.1) is 11.8 Å². The first-order chi connectivity index (χ1) is 22.8. The van der Waals surface area contributed by atoms with Gasteiger partial charge in [-0.25, -0.2) is 18.2 Å². The van der Waals surface area contributed by atoms with Gasteiger partial charge in [0.15, 0.2) is 0 Å². The molecule has 3 aliphatic rings. The molecule has 14 heteroatoms. The Morgan fingerprint density at radius 2 is 1.73 bits per heavy atom. The molecule has 5 rings (SSSR count). The lowest BCUT2D eigenvalue weighted by molar-refractivity contribution is -0.143. The number of sulfonamides is 1. The predicted octanol–water partition coefficient (Wildman–Crippen LogP) is 3.50. The Hall–Kier alpha value is -4.20. The van der Waals surface area contributed by atoms with E-state index in [2.05, 4.69) is 26.9 Å². The second-order valence-corrected chi connectivity index (χ2v) is 17.4. The molecule has 0 spiro atoms. The van der Waals surface area contributed by atoms with Crippen molar-refractivity contribution in [1.29, 1.82) is 0 Å². The summed E-state index contributed by atoms with van der Waals surface area (Å²) in [6.07, 6.45) is 2.84. The fraction of sp³-hybridized carbons (Fsp3) is 0.571. The molecule has 0 bridgehead atoms. The molecule has 0 unspecified atom stereocenters. The maximum absolute atomic E-state index is 14.4. The third-order valence-electron chi connectivity index (χ3n) is 9.11. The summed E-state index contributed by atoms with van der Waals surface area (Å²) >= 11 is 0. The van der Waals surface area contributed by atoms with Gasteiger partial charge in [0, 0.05) is 23.9 Å². The number of benzene rings is 1. The molecule has 3 N–H and O–H groups in total. The fourth-order valence-electron chi connectivity index (χ4n) is 6.19. The molecule has 0 radical (unpaired) electrons. The largest absolute Gasteiger partial charge is 0.472 e. The Balaban J connectivity index is 1.44. The molecule has 266 valence electrons. The monoisotopic (exact) mass is 697 g/mol. The molecule has 5 atom stereocenters. The number of nitrogens with zero attached hydrogens (tertiary/aromatic N) is 2. The number of fused-ring (bicyclic) bond motifs is 1. The maximum Gasteiger partial charge on any atom is 0.408 e. The minimum atomic E-state index is -3.89. The van der Waals surface area contributed by atoms with Crippen molar-refractivity contribution in [2.45, 2.75) is 109 Å².